The van der Waals surface area contributed by atoms with E-state index in [2.05, 4.69) is 16.7 Å². The van der Waals surface area contributed by atoms with Crippen LogP contribution in [0.2, 0.25) is 0 Å². The van der Waals surface area contributed by atoms with Crippen molar-refractivity contribution in [3.8, 4) is 0 Å². The van der Waals surface area contributed by atoms with E-state index >= 15 is 0 Å². The molecule has 5 heteroatoms. The second kappa shape index (κ2) is 8.32. The highest BCUT2D eigenvalue weighted by molar-refractivity contribution is 5.80. The van der Waals surface area contributed by atoms with Gasteiger partial charge in [-0.15, -0.1) is 0 Å². The molecular weight excluding hydrogens is 302 g/mol. The van der Waals surface area contributed by atoms with Crippen molar-refractivity contribution in [1.82, 2.24) is 14.7 Å². The van der Waals surface area contributed by atoms with Gasteiger partial charge in [-0.1, -0.05) is 19.3 Å². The SMILES string of the molecule is C[C@H]1CCCCN1C(=O)CN1CCN(C(=O)C2CCCCC2)CC1. The molecule has 0 bridgehead atoms. The second-order valence-electron chi connectivity index (χ2n) is 7.87. The van der Waals surface area contributed by atoms with Gasteiger partial charge in [-0.05, 0) is 39.0 Å². The number of carbonyl (C=O) groups excluding carboxylic acids is 2. The average molecular weight is 335 g/mol. The molecule has 1 aliphatic carbocycles. The van der Waals surface area contributed by atoms with Crippen molar-refractivity contribution >= 4 is 11.8 Å². The molecule has 0 aromatic carbocycles. The summed E-state index contributed by atoms with van der Waals surface area (Å²) >= 11 is 0. The van der Waals surface area contributed by atoms with Gasteiger partial charge in [0.15, 0.2) is 0 Å². The third-order valence-electron chi connectivity index (χ3n) is 6.12. The fraction of sp³-hybridized carbons (Fsp3) is 0.895. The molecule has 0 aromatic heterocycles. The zero-order valence-electron chi connectivity index (χ0n) is 15.2. The van der Waals surface area contributed by atoms with E-state index in [0.717, 1.165) is 58.4 Å². The smallest absolute Gasteiger partial charge is 0.236 e. The first-order chi connectivity index (χ1) is 11.6. The molecule has 24 heavy (non-hydrogen) atoms. The summed E-state index contributed by atoms with van der Waals surface area (Å²) in [6.45, 7) is 6.86. The van der Waals surface area contributed by atoms with Gasteiger partial charge in [0.2, 0.25) is 11.8 Å². The van der Waals surface area contributed by atoms with Crippen molar-refractivity contribution < 1.29 is 9.59 Å². The molecule has 0 radical (unpaired) electrons. The Morgan fingerprint density at radius 3 is 2.17 bits per heavy atom. The fourth-order valence-corrected chi connectivity index (χ4v) is 4.48. The molecule has 3 fully saturated rings. The topological polar surface area (TPSA) is 43.9 Å². The molecule has 136 valence electrons. The van der Waals surface area contributed by atoms with Crippen molar-refractivity contribution in [2.75, 3.05) is 39.3 Å². The highest BCUT2D eigenvalue weighted by atomic mass is 16.2. The van der Waals surface area contributed by atoms with Crippen LogP contribution in [0.1, 0.15) is 58.3 Å². The van der Waals surface area contributed by atoms with Crippen LogP contribution in [-0.2, 0) is 9.59 Å². The summed E-state index contributed by atoms with van der Waals surface area (Å²) in [5.41, 5.74) is 0. The summed E-state index contributed by atoms with van der Waals surface area (Å²) in [6, 6.07) is 0.389. The van der Waals surface area contributed by atoms with E-state index in [4.69, 9.17) is 0 Å². The van der Waals surface area contributed by atoms with E-state index in [0.29, 0.717) is 18.5 Å². The van der Waals surface area contributed by atoms with Crippen molar-refractivity contribution in [2.24, 2.45) is 5.92 Å². The van der Waals surface area contributed by atoms with Crippen LogP contribution in [0.5, 0.6) is 0 Å². The van der Waals surface area contributed by atoms with E-state index in [-0.39, 0.29) is 11.8 Å². The largest absolute Gasteiger partial charge is 0.340 e. The maximum absolute atomic E-state index is 12.6. The Balaban J connectivity index is 1.43. The number of piperidine rings is 1. The lowest BCUT2D eigenvalue weighted by Crippen LogP contribution is -2.54. The molecule has 0 N–H and O–H groups in total. The van der Waals surface area contributed by atoms with Gasteiger partial charge < -0.3 is 9.80 Å². The van der Waals surface area contributed by atoms with Gasteiger partial charge in [-0.25, -0.2) is 0 Å². The fourth-order valence-electron chi connectivity index (χ4n) is 4.48. The minimum absolute atomic E-state index is 0.265. The van der Waals surface area contributed by atoms with Crippen LogP contribution in [0.25, 0.3) is 0 Å². The number of hydrogen-bond acceptors (Lipinski definition) is 3. The van der Waals surface area contributed by atoms with Crippen LogP contribution in [0.15, 0.2) is 0 Å². The second-order valence-corrected chi connectivity index (χ2v) is 7.87. The first-order valence-corrected chi connectivity index (χ1v) is 9.96. The highest BCUT2D eigenvalue weighted by Gasteiger charge is 2.30. The molecule has 0 unspecified atom stereocenters. The van der Waals surface area contributed by atoms with E-state index in [1.165, 1.54) is 25.7 Å². The van der Waals surface area contributed by atoms with Crippen LogP contribution in [-0.4, -0.2) is 71.8 Å². The van der Waals surface area contributed by atoms with Gasteiger partial charge in [0.25, 0.3) is 0 Å². The van der Waals surface area contributed by atoms with E-state index in [9.17, 15) is 9.59 Å². The van der Waals surface area contributed by atoms with Gasteiger partial charge in [-0.2, -0.15) is 0 Å². The minimum atomic E-state index is 0.265. The Kier molecular flexibility index (Phi) is 6.14. The third kappa shape index (κ3) is 4.29. The standard InChI is InChI=1S/C19H33N3O2/c1-16-7-5-6-10-22(16)18(23)15-20-11-13-21(14-12-20)19(24)17-8-3-2-4-9-17/h16-17H,2-15H2,1H3/t16-/m0/s1. The van der Waals surface area contributed by atoms with Crippen molar-refractivity contribution in [2.45, 2.75) is 64.3 Å². The van der Waals surface area contributed by atoms with Gasteiger partial charge in [0, 0.05) is 44.7 Å². The summed E-state index contributed by atoms with van der Waals surface area (Å²) in [7, 11) is 0. The van der Waals surface area contributed by atoms with Crippen LogP contribution in [0, 0.1) is 5.92 Å². The quantitative estimate of drug-likeness (QED) is 0.793. The summed E-state index contributed by atoms with van der Waals surface area (Å²) in [5, 5.41) is 0. The molecule has 5 nitrogen and oxygen atoms in total. The first-order valence-electron chi connectivity index (χ1n) is 9.96. The Bertz CT molecular complexity index is 440. The van der Waals surface area contributed by atoms with Crippen molar-refractivity contribution in [3.05, 3.63) is 0 Å². The number of nitrogens with zero attached hydrogens (tertiary/aromatic N) is 3. The molecule has 2 saturated heterocycles. The summed E-state index contributed by atoms with van der Waals surface area (Å²) in [5.74, 6) is 0.903. The zero-order valence-corrected chi connectivity index (χ0v) is 15.2. The number of rotatable bonds is 3. The maximum Gasteiger partial charge on any atom is 0.236 e. The van der Waals surface area contributed by atoms with E-state index < -0.39 is 0 Å². The Labute approximate surface area is 146 Å². The Morgan fingerprint density at radius 2 is 1.50 bits per heavy atom. The lowest BCUT2D eigenvalue weighted by molar-refractivity contribution is -0.139. The first kappa shape index (κ1) is 17.7. The predicted molar refractivity (Wildman–Crippen MR) is 94.6 cm³/mol. The lowest BCUT2D eigenvalue weighted by Gasteiger charge is -2.39. The number of likely N-dealkylation sites (tertiary alicyclic amines) is 1. The molecule has 2 amide bonds. The van der Waals surface area contributed by atoms with Gasteiger partial charge in [-0.3, -0.25) is 14.5 Å². The summed E-state index contributed by atoms with van der Waals surface area (Å²) in [6.07, 6.45) is 9.36. The predicted octanol–water partition coefficient (Wildman–Crippen LogP) is 2.11. The average Bonchev–Trinajstić information content (AvgIpc) is 2.63. The molecule has 1 atom stereocenters. The van der Waals surface area contributed by atoms with Gasteiger partial charge in [0.05, 0.1) is 6.54 Å². The van der Waals surface area contributed by atoms with Crippen LogP contribution >= 0.6 is 0 Å². The molecule has 3 aliphatic rings. The van der Waals surface area contributed by atoms with Crippen LogP contribution < -0.4 is 0 Å². The van der Waals surface area contributed by atoms with Crippen LogP contribution in [0.3, 0.4) is 0 Å². The maximum atomic E-state index is 12.6. The number of carbonyl (C=O) groups is 2. The van der Waals surface area contributed by atoms with Crippen molar-refractivity contribution in [3.63, 3.8) is 0 Å². The van der Waals surface area contributed by atoms with Crippen molar-refractivity contribution in [1.29, 1.82) is 0 Å². The third-order valence-corrected chi connectivity index (χ3v) is 6.12. The summed E-state index contributed by atoms with van der Waals surface area (Å²) in [4.78, 5) is 31.5. The van der Waals surface area contributed by atoms with Gasteiger partial charge >= 0.3 is 0 Å². The molecule has 0 spiro atoms. The molecule has 0 aromatic rings. The molecule has 2 heterocycles. The molecule has 3 rings (SSSR count). The number of piperazine rings is 1. The monoisotopic (exact) mass is 335 g/mol. The normalized spacial score (nSPS) is 27.3. The summed E-state index contributed by atoms with van der Waals surface area (Å²) < 4.78 is 0. The molecule has 1 saturated carbocycles. The highest BCUT2D eigenvalue weighted by Crippen LogP contribution is 2.26. The Hall–Kier alpha value is -1.10. The van der Waals surface area contributed by atoms with E-state index in [1.807, 2.05) is 4.90 Å². The lowest BCUT2D eigenvalue weighted by atomic mass is 9.88. The van der Waals surface area contributed by atoms with Crippen LogP contribution in [0.4, 0.5) is 0 Å². The minimum Gasteiger partial charge on any atom is -0.340 e. The van der Waals surface area contributed by atoms with Gasteiger partial charge in [0.1, 0.15) is 0 Å². The number of hydrogen-bond donors (Lipinski definition) is 0. The Morgan fingerprint density at radius 1 is 0.833 bits per heavy atom. The molecular formula is C19H33N3O2. The zero-order chi connectivity index (χ0) is 16.9. The molecule has 2 aliphatic heterocycles. The van der Waals surface area contributed by atoms with E-state index in [1.54, 1.807) is 0 Å². The number of amides is 2.